The lowest BCUT2D eigenvalue weighted by Gasteiger charge is -2.08. The minimum absolute atomic E-state index is 0.584. The van der Waals surface area contributed by atoms with Crippen molar-refractivity contribution in [2.45, 2.75) is 13.1 Å². The highest BCUT2D eigenvalue weighted by atomic mass is 35.5. The highest BCUT2D eigenvalue weighted by Gasteiger charge is 2.00. The van der Waals surface area contributed by atoms with Gasteiger partial charge >= 0.3 is 0 Å². The van der Waals surface area contributed by atoms with Crippen LogP contribution in [-0.4, -0.2) is 9.55 Å². The number of hydrogen-bond acceptors (Lipinski definition) is 2. The molecule has 22 heavy (non-hydrogen) atoms. The van der Waals surface area contributed by atoms with Gasteiger partial charge in [0.2, 0.25) is 0 Å². The topological polar surface area (TPSA) is 29.9 Å². The Bertz CT molecular complexity index is 737. The summed E-state index contributed by atoms with van der Waals surface area (Å²) in [4.78, 5) is 4.05. The summed E-state index contributed by atoms with van der Waals surface area (Å²) in [6, 6.07) is 14.1. The van der Waals surface area contributed by atoms with Crippen LogP contribution < -0.4 is 5.32 Å². The molecule has 3 rings (SSSR count). The summed E-state index contributed by atoms with van der Waals surface area (Å²) in [6.45, 7) is 1.55. The average Bonchev–Trinajstić information content (AvgIpc) is 3.06. The SMILES string of the molecule is Clc1ccc(CNCc2ccc(-n3ccnc3)cc2)cc1Cl. The largest absolute Gasteiger partial charge is 0.309 e. The second-order valence-electron chi connectivity index (χ2n) is 4.99. The first-order chi connectivity index (χ1) is 10.7. The fourth-order valence-electron chi connectivity index (χ4n) is 2.20. The molecule has 2 aromatic carbocycles. The molecular formula is C17H15Cl2N3. The molecule has 0 spiro atoms. The number of imidazole rings is 1. The summed E-state index contributed by atoms with van der Waals surface area (Å²) in [7, 11) is 0. The molecule has 0 bridgehead atoms. The first-order valence-electron chi connectivity index (χ1n) is 6.94. The van der Waals surface area contributed by atoms with Crippen LogP contribution >= 0.6 is 23.2 Å². The van der Waals surface area contributed by atoms with E-state index in [4.69, 9.17) is 23.2 Å². The van der Waals surface area contributed by atoms with Gasteiger partial charge in [0.15, 0.2) is 0 Å². The lowest BCUT2D eigenvalue weighted by molar-refractivity contribution is 0.693. The third-order valence-electron chi connectivity index (χ3n) is 3.38. The smallest absolute Gasteiger partial charge is 0.0991 e. The second kappa shape index (κ2) is 6.97. The molecule has 0 aliphatic carbocycles. The standard InChI is InChI=1S/C17H15Cl2N3/c18-16-6-3-14(9-17(16)19)11-21-10-13-1-4-15(5-2-13)22-8-7-20-12-22/h1-9,12,21H,10-11H2. The summed E-state index contributed by atoms with van der Waals surface area (Å²) in [5, 5.41) is 4.57. The number of halogens is 2. The minimum Gasteiger partial charge on any atom is -0.309 e. The fraction of sp³-hybridized carbons (Fsp3) is 0.118. The molecule has 1 aromatic heterocycles. The Hall–Kier alpha value is -1.81. The number of nitrogens with one attached hydrogen (secondary N) is 1. The van der Waals surface area contributed by atoms with Gasteiger partial charge in [0.1, 0.15) is 0 Å². The number of nitrogens with zero attached hydrogens (tertiary/aromatic N) is 2. The lowest BCUT2D eigenvalue weighted by Crippen LogP contribution is -2.12. The summed E-state index contributed by atoms with van der Waals surface area (Å²) < 4.78 is 1.98. The Morgan fingerprint density at radius 1 is 0.909 bits per heavy atom. The molecule has 0 aliphatic rings. The van der Waals surface area contributed by atoms with E-state index >= 15 is 0 Å². The first-order valence-corrected chi connectivity index (χ1v) is 7.70. The molecule has 112 valence electrons. The maximum Gasteiger partial charge on any atom is 0.0991 e. The second-order valence-corrected chi connectivity index (χ2v) is 5.80. The van der Waals surface area contributed by atoms with Crippen molar-refractivity contribution in [3.05, 3.63) is 82.4 Å². The van der Waals surface area contributed by atoms with E-state index in [9.17, 15) is 0 Å². The Labute approximate surface area is 139 Å². The molecule has 1 N–H and O–H groups in total. The van der Waals surface area contributed by atoms with Gasteiger partial charge in [0.25, 0.3) is 0 Å². The lowest BCUT2D eigenvalue weighted by atomic mass is 10.2. The quantitative estimate of drug-likeness (QED) is 0.747. The molecule has 0 amide bonds. The van der Waals surface area contributed by atoms with E-state index in [1.54, 1.807) is 12.5 Å². The van der Waals surface area contributed by atoms with E-state index in [1.165, 1.54) is 5.56 Å². The van der Waals surface area contributed by atoms with Crippen LogP contribution in [0.4, 0.5) is 0 Å². The number of hydrogen-bond donors (Lipinski definition) is 1. The van der Waals surface area contributed by atoms with Crippen LogP contribution in [0.2, 0.25) is 10.0 Å². The molecule has 0 fully saturated rings. The maximum absolute atomic E-state index is 6.01. The molecule has 1 heterocycles. The van der Waals surface area contributed by atoms with Crippen LogP contribution in [-0.2, 0) is 13.1 Å². The molecule has 0 saturated heterocycles. The van der Waals surface area contributed by atoms with Gasteiger partial charge in [-0.15, -0.1) is 0 Å². The Morgan fingerprint density at radius 2 is 1.64 bits per heavy atom. The van der Waals surface area contributed by atoms with Crippen molar-refractivity contribution in [1.82, 2.24) is 14.9 Å². The molecule has 0 aliphatic heterocycles. The van der Waals surface area contributed by atoms with E-state index in [0.29, 0.717) is 10.0 Å². The molecule has 3 nitrogen and oxygen atoms in total. The Balaban J connectivity index is 1.56. The first kappa shape index (κ1) is 15.1. The summed E-state index contributed by atoms with van der Waals surface area (Å²) >= 11 is 11.9. The predicted octanol–water partition coefficient (Wildman–Crippen LogP) is 4.47. The van der Waals surface area contributed by atoms with Gasteiger partial charge in [-0.25, -0.2) is 4.98 Å². The van der Waals surface area contributed by atoms with Crippen LogP contribution in [0.25, 0.3) is 5.69 Å². The van der Waals surface area contributed by atoms with Crippen LogP contribution in [0.15, 0.2) is 61.2 Å². The molecule has 0 unspecified atom stereocenters. The normalized spacial score (nSPS) is 10.8. The molecule has 0 atom stereocenters. The summed E-state index contributed by atoms with van der Waals surface area (Å²) in [6.07, 6.45) is 5.49. The highest BCUT2D eigenvalue weighted by molar-refractivity contribution is 6.42. The monoisotopic (exact) mass is 331 g/mol. The molecule has 3 aromatic rings. The third-order valence-corrected chi connectivity index (χ3v) is 4.12. The maximum atomic E-state index is 6.01. The molecule has 0 saturated carbocycles. The van der Waals surface area contributed by atoms with Gasteiger partial charge in [0.05, 0.1) is 16.4 Å². The van der Waals surface area contributed by atoms with Crippen LogP contribution in [0, 0.1) is 0 Å². The van der Waals surface area contributed by atoms with Crippen LogP contribution in [0.3, 0.4) is 0 Å². The van der Waals surface area contributed by atoms with E-state index in [2.05, 4.69) is 34.6 Å². The van der Waals surface area contributed by atoms with Gasteiger partial charge < -0.3 is 9.88 Å². The number of benzene rings is 2. The number of rotatable bonds is 5. The summed E-state index contributed by atoms with van der Waals surface area (Å²) in [5.41, 5.74) is 3.44. The van der Waals surface area contributed by atoms with E-state index < -0.39 is 0 Å². The highest BCUT2D eigenvalue weighted by Crippen LogP contribution is 2.22. The van der Waals surface area contributed by atoms with Gasteiger partial charge in [-0.2, -0.15) is 0 Å². The molecular weight excluding hydrogens is 317 g/mol. The van der Waals surface area contributed by atoms with Crippen molar-refractivity contribution in [2.24, 2.45) is 0 Å². The number of aromatic nitrogens is 2. The van der Waals surface area contributed by atoms with Crippen LogP contribution in [0.5, 0.6) is 0 Å². The van der Waals surface area contributed by atoms with Crippen molar-refractivity contribution in [1.29, 1.82) is 0 Å². The zero-order valence-corrected chi connectivity index (χ0v) is 13.3. The van der Waals surface area contributed by atoms with Gasteiger partial charge in [-0.1, -0.05) is 41.4 Å². The van der Waals surface area contributed by atoms with Crippen molar-refractivity contribution < 1.29 is 0 Å². The average molecular weight is 332 g/mol. The Morgan fingerprint density at radius 3 is 2.32 bits per heavy atom. The zero-order valence-electron chi connectivity index (χ0n) is 11.8. The van der Waals surface area contributed by atoms with Crippen molar-refractivity contribution >= 4 is 23.2 Å². The van der Waals surface area contributed by atoms with Gasteiger partial charge in [-0.3, -0.25) is 0 Å². The van der Waals surface area contributed by atoms with Gasteiger partial charge in [0, 0.05) is 31.2 Å². The zero-order chi connectivity index (χ0) is 15.4. The van der Waals surface area contributed by atoms with Crippen molar-refractivity contribution in [3.63, 3.8) is 0 Å². The van der Waals surface area contributed by atoms with Crippen LogP contribution in [0.1, 0.15) is 11.1 Å². The van der Waals surface area contributed by atoms with E-state index in [-0.39, 0.29) is 0 Å². The predicted molar refractivity (Wildman–Crippen MR) is 90.6 cm³/mol. The van der Waals surface area contributed by atoms with E-state index in [0.717, 1.165) is 24.3 Å². The summed E-state index contributed by atoms with van der Waals surface area (Å²) in [5.74, 6) is 0. The molecule has 0 radical (unpaired) electrons. The Kier molecular flexibility index (Phi) is 4.78. The molecule has 5 heteroatoms. The fourth-order valence-corrected chi connectivity index (χ4v) is 2.52. The van der Waals surface area contributed by atoms with Crippen molar-refractivity contribution in [2.75, 3.05) is 0 Å². The minimum atomic E-state index is 0.584. The third kappa shape index (κ3) is 3.69. The van der Waals surface area contributed by atoms with Gasteiger partial charge in [-0.05, 0) is 35.4 Å². The van der Waals surface area contributed by atoms with E-state index in [1.807, 2.05) is 29.0 Å². The van der Waals surface area contributed by atoms with Crippen molar-refractivity contribution in [3.8, 4) is 5.69 Å².